The van der Waals surface area contributed by atoms with E-state index in [1.165, 1.54) is 19.3 Å². The maximum absolute atomic E-state index is 5.55. The second kappa shape index (κ2) is 9.13. The SMILES string of the molecule is CCNCCCNCCCOCC1CC1. The Labute approximate surface area is 94.0 Å². The Kier molecular flexibility index (Phi) is 7.88. The third-order valence-electron chi connectivity index (χ3n) is 2.65. The second-order valence-corrected chi connectivity index (χ2v) is 4.33. The van der Waals surface area contributed by atoms with Crippen LogP contribution in [0.1, 0.15) is 32.6 Å². The largest absolute Gasteiger partial charge is 0.381 e. The van der Waals surface area contributed by atoms with E-state index in [9.17, 15) is 0 Å². The zero-order chi connectivity index (χ0) is 10.8. The van der Waals surface area contributed by atoms with Crippen LogP contribution >= 0.6 is 0 Å². The minimum atomic E-state index is 0.901. The number of hydrogen-bond acceptors (Lipinski definition) is 3. The van der Waals surface area contributed by atoms with Gasteiger partial charge in [0.25, 0.3) is 0 Å². The van der Waals surface area contributed by atoms with Crippen LogP contribution in [0.4, 0.5) is 0 Å². The van der Waals surface area contributed by atoms with Gasteiger partial charge in [0.1, 0.15) is 0 Å². The summed E-state index contributed by atoms with van der Waals surface area (Å²) in [7, 11) is 0. The lowest BCUT2D eigenvalue weighted by atomic mass is 10.4. The maximum atomic E-state index is 5.55. The molecule has 0 bridgehead atoms. The van der Waals surface area contributed by atoms with E-state index in [1.54, 1.807) is 0 Å². The molecule has 1 aliphatic rings. The van der Waals surface area contributed by atoms with E-state index in [2.05, 4.69) is 17.6 Å². The molecule has 3 heteroatoms. The van der Waals surface area contributed by atoms with Gasteiger partial charge in [-0.15, -0.1) is 0 Å². The van der Waals surface area contributed by atoms with Crippen LogP contribution in [0.5, 0.6) is 0 Å². The lowest BCUT2D eigenvalue weighted by molar-refractivity contribution is 0.122. The Balaban J connectivity index is 1.62. The van der Waals surface area contributed by atoms with Gasteiger partial charge in [-0.2, -0.15) is 0 Å². The van der Waals surface area contributed by atoms with Crippen LogP contribution in [0.25, 0.3) is 0 Å². The third kappa shape index (κ3) is 8.85. The van der Waals surface area contributed by atoms with Crippen molar-refractivity contribution >= 4 is 0 Å². The molecule has 2 N–H and O–H groups in total. The highest BCUT2D eigenvalue weighted by atomic mass is 16.5. The van der Waals surface area contributed by atoms with Crippen LogP contribution in [0.2, 0.25) is 0 Å². The summed E-state index contributed by atoms with van der Waals surface area (Å²) in [5.41, 5.74) is 0. The first-order valence-electron chi connectivity index (χ1n) is 6.42. The van der Waals surface area contributed by atoms with Gasteiger partial charge in [0.05, 0.1) is 0 Å². The van der Waals surface area contributed by atoms with Gasteiger partial charge in [-0.1, -0.05) is 6.92 Å². The number of hydrogen-bond donors (Lipinski definition) is 2. The van der Waals surface area contributed by atoms with E-state index < -0.39 is 0 Å². The van der Waals surface area contributed by atoms with E-state index in [4.69, 9.17) is 4.74 Å². The summed E-state index contributed by atoms with van der Waals surface area (Å²) in [5, 5.41) is 6.74. The second-order valence-electron chi connectivity index (χ2n) is 4.33. The Hall–Kier alpha value is -0.120. The molecule has 0 unspecified atom stereocenters. The molecule has 1 aliphatic carbocycles. The number of rotatable bonds is 11. The molecule has 0 radical (unpaired) electrons. The monoisotopic (exact) mass is 214 g/mol. The highest BCUT2D eigenvalue weighted by Gasteiger charge is 2.20. The fourth-order valence-corrected chi connectivity index (χ4v) is 1.47. The molecule has 0 atom stereocenters. The molecule has 1 fully saturated rings. The molecule has 0 amide bonds. The number of ether oxygens (including phenoxy) is 1. The van der Waals surface area contributed by atoms with Gasteiger partial charge < -0.3 is 15.4 Å². The Morgan fingerprint density at radius 1 is 1.07 bits per heavy atom. The minimum absolute atomic E-state index is 0.901. The van der Waals surface area contributed by atoms with Gasteiger partial charge in [-0.25, -0.2) is 0 Å². The molecule has 15 heavy (non-hydrogen) atoms. The smallest absolute Gasteiger partial charge is 0.0494 e. The maximum Gasteiger partial charge on any atom is 0.0494 e. The number of nitrogens with one attached hydrogen (secondary N) is 2. The molecule has 1 rings (SSSR count). The molecule has 0 heterocycles. The molecular formula is C12H26N2O. The average Bonchev–Trinajstić information content (AvgIpc) is 3.05. The van der Waals surface area contributed by atoms with E-state index in [0.29, 0.717) is 0 Å². The fraction of sp³-hybridized carbons (Fsp3) is 1.00. The summed E-state index contributed by atoms with van der Waals surface area (Å²) < 4.78 is 5.55. The molecule has 0 saturated heterocycles. The van der Waals surface area contributed by atoms with Crippen LogP contribution in [-0.4, -0.2) is 39.4 Å². The van der Waals surface area contributed by atoms with Gasteiger partial charge in [0, 0.05) is 13.2 Å². The normalized spacial score (nSPS) is 15.8. The Morgan fingerprint density at radius 3 is 2.53 bits per heavy atom. The van der Waals surface area contributed by atoms with Crippen LogP contribution in [0.3, 0.4) is 0 Å². The molecule has 0 aliphatic heterocycles. The van der Waals surface area contributed by atoms with Crippen LogP contribution in [0.15, 0.2) is 0 Å². The van der Waals surface area contributed by atoms with Gasteiger partial charge in [0.15, 0.2) is 0 Å². The summed E-state index contributed by atoms with van der Waals surface area (Å²) in [4.78, 5) is 0. The Bertz CT molecular complexity index is 138. The molecule has 1 saturated carbocycles. The van der Waals surface area contributed by atoms with Crippen molar-refractivity contribution in [3.8, 4) is 0 Å². The van der Waals surface area contributed by atoms with Gasteiger partial charge in [-0.05, 0) is 57.8 Å². The van der Waals surface area contributed by atoms with Crippen molar-refractivity contribution in [2.24, 2.45) is 5.92 Å². The zero-order valence-electron chi connectivity index (χ0n) is 10.1. The van der Waals surface area contributed by atoms with Gasteiger partial charge in [-0.3, -0.25) is 0 Å². The van der Waals surface area contributed by atoms with E-state index in [0.717, 1.165) is 51.7 Å². The third-order valence-corrected chi connectivity index (χ3v) is 2.65. The predicted octanol–water partition coefficient (Wildman–Crippen LogP) is 1.39. The first-order chi connectivity index (χ1) is 7.43. The molecule has 90 valence electrons. The minimum Gasteiger partial charge on any atom is -0.381 e. The van der Waals surface area contributed by atoms with E-state index >= 15 is 0 Å². The fourth-order valence-electron chi connectivity index (χ4n) is 1.47. The molecule has 0 aromatic rings. The van der Waals surface area contributed by atoms with Gasteiger partial charge >= 0.3 is 0 Å². The first kappa shape index (κ1) is 12.9. The lowest BCUT2D eigenvalue weighted by Gasteiger charge is -2.05. The summed E-state index contributed by atoms with van der Waals surface area (Å²) in [6.45, 7) is 8.49. The highest BCUT2D eigenvalue weighted by Crippen LogP contribution is 2.28. The summed E-state index contributed by atoms with van der Waals surface area (Å²) in [6.07, 6.45) is 5.15. The van der Waals surface area contributed by atoms with Crippen molar-refractivity contribution in [2.75, 3.05) is 39.4 Å². The highest BCUT2D eigenvalue weighted by molar-refractivity contribution is 4.71. The van der Waals surface area contributed by atoms with Crippen LogP contribution in [0, 0.1) is 5.92 Å². The quantitative estimate of drug-likeness (QED) is 0.510. The van der Waals surface area contributed by atoms with Crippen molar-refractivity contribution in [2.45, 2.75) is 32.6 Å². The van der Waals surface area contributed by atoms with Crippen molar-refractivity contribution in [3.05, 3.63) is 0 Å². The molecule has 0 aromatic heterocycles. The molecule has 3 nitrogen and oxygen atoms in total. The summed E-state index contributed by atoms with van der Waals surface area (Å²) in [5.74, 6) is 0.901. The predicted molar refractivity (Wildman–Crippen MR) is 64.2 cm³/mol. The lowest BCUT2D eigenvalue weighted by Crippen LogP contribution is -2.23. The van der Waals surface area contributed by atoms with Crippen molar-refractivity contribution < 1.29 is 4.74 Å². The average molecular weight is 214 g/mol. The van der Waals surface area contributed by atoms with E-state index in [1.807, 2.05) is 0 Å². The molecule has 0 aromatic carbocycles. The van der Waals surface area contributed by atoms with Crippen molar-refractivity contribution in [3.63, 3.8) is 0 Å². The zero-order valence-corrected chi connectivity index (χ0v) is 10.1. The van der Waals surface area contributed by atoms with Crippen molar-refractivity contribution in [1.82, 2.24) is 10.6 Å². The summed E-state index contributed by atoms with van der Waals surface area (Å²) in [6, 6.07) is 0. The van der Waals surface area contributed by atoms with Crippen LogP contribution < -0.4 is 10.6 Å². The first-order valence-corrected chi connectivity index (χ1v) is 6.42. The van der Waals surface area contributed by atoms with Gasteiger partial charge in [0.2, 0.25) is 0 Å². The standard InChI is InChI=1S/C12H26N2O/c1-2-13-7-3-8-14-9-4-10-15-11-12-5-6-12/h12-14H,2-11H2,1H3. The van der Waals surface area contributed by atoms with Crippen molar-refractivity contribution in [1.29, 1.82) is 0 Å². The molecule has 0 spiro atoms. The van der Waals surface area contributed by atoms with Crippen LogP contribution in [-0.2, 0) is 4.74 Å². The molecular weight excluding hydrogens is 188 g/mol. The Morgan fingerprint density at radius 2 is 1.80 bits per heavy atom. The van der Waals surface area contributed by atoms with E-state index in [-0.39, 0.29) is 0 Å². The summed E-state index contributed by atoms with van der Waals surface area (Å²) >= 11 is 0. The topological polar surface area (TPSA) is 33.3 Å².